The Hall–Kier alpha value is -0.940. The van der Waals surface area contributed by atoms with Gasteiger partial charge in [-0.2, -0.15) is 0 Å². The lowest BCUT2D eigenvalue weighted by molar-refractivity contribution is -0.136. The number of nitrogens with two attached hydrogens (primary N) is 1. The van der Waals surface area contributed by atoms with Crippen molar-refractivity contribution >= 4 is 12.2 Å². The molecule has 3 aliphatic rings. The summed E-state index contributed by atoms with van der Waals surface area (Å²) in [6.07, 6.45) is 6.65. The number of ether oxygens (including phenoxy) is 1. The summed E-state index contributed by atoms with van der Waals surface area (Å²) >= 11 is 0. The summed E-state index contributed by atoms with van der Waals surface area (Å²) in [7, 11) is 0. The summed E-state index contributed by atoms with van der Waals surface area (Å²) < 4.78 is 5.73. The largest absolute Gasteiger partial charge is 0.375 e. The van der Waals surface area contributed by atoms with Crippen LogP contribution >= 0.6 is 0 Å². The molecule has 1 aliphatic carbocycles. The van der Waals surface area contributed by atoms with Crippen LogP contribution in [0.25, 0.3) is 0 Å². The number of nitrogens with zero attached hydrogens (tertiary/aromatic N) is 1. The van der Waals surface area contributed by atoms with Crippen molar-refractivity contribution in [3.8, 4) is 0 Å². The highest BCUT2D eigenvalue weighted by atomic mass is 16.5. The fourth-order valence-electron chi connectivity index (χ4n) is 4.35. The topological polar surface area (TPSA) is 72.6 Å². The highest BCUT2D eigenvalue weighted by Crippen LogP contribution is 2.37. The number of carbonyl (C=O) groups is 2. The fourth-order valence-corrected chi connectivity index (χ4v) is 4.35. The molecule has 0 aromatic carbocycles. The molecule has 5 atom stereocenters. The number of likely N-dealkylation sites (tertiary alicyclic amines) is 1. The molecule has 0 radical (unpaired) electrons. The van der Waals surface area contributed by atoms with E-state index in [2.05, 4.69) is 6.92 Å². The van der Waals surface area contributed by atoms with Crippen molar-refractivity contribution in [2.45, 2.75) is 57.2 Å². The number of amides is 1. The van der Waals surface area contributed by atoms with Gasteiger partial charge < -0.3 is 20.2 Å². The van der Waals surface area contributed by atoms with Gasteiger partial charge in [0.2, 0.25) is 5.91 Å². The zero-order chi connectivity index (χ0) is 15.0. The van der Waals surface area contributed by atoms with E-state index in [9.17, 15) is 9.59 Å². The molecule has 1 amide bonds. The second kappa shape index (κ2) is 6.05. The van der Waals surface area contributed by atoms with Gasteiger partial charge in [-0.15, -0.1) is 0 Å². The first-order valence-electron chi connectivity index (χ1n) is 8.26. The van der Waals surface area contributed by atoms with E-state index < -0.39 is 6.04 Å². The standard InChI is InChI=1S/C16H26N2O3/c1-10-7-18(14-12(8-19)9-21-15(10)14)16(20)13(17)11-5-3-2-4-6-11/h8,10-15H,2-7,9,17H2,1H3. The second-order valence-corrected chi connectivity index (χ2v) is 6.98. The summed E-state index contributed by atoms with van der Waals surface area (Å²) in [4.78, 5) is 25.9. The molecular formula is C16H26N2O3. The van der Waals surface area contributed by atoms with Crippen LogP contribution < -0.4 is 5.73 Å². The first-order chi connectivity index (χ1) is 10.1. The Kier molecular flexibility index (Phi) is 4.31. The Labute approximate surface area is 126 Å². The van der Waals surface area contributed by atoms with Crippen LogP contribution in [0.5, 0.6) is 0 Å². The SMILES string of the molecule is CC1CN(C(=O)C(N)C2CCCCC2)C2C(C=O)COC12. The van der Waals surface area contributed by atoms with Gasteiger partial charge >= 0.3 is 0 Å². The molecule has 5 nitrogen and oxygen atoms in total. The van der Waals surface area contributed by atoms with E-state index in [1.807, 2.05) is 4.90 Å². The van der Waals surface area contributed by atoms with Crippen molar-refractivity contribution < 1.29 is 14.3 Å². The monoisotopic (exact) mass is 294 g/mol. The molecule has 0 aromatic heterocycles. The molecule has 2 saturated heterocycles. The van der Waals surface area contributed by atoms with Crippen LogP contribution in [0.4, 0.5) is 0 Å². The van der Waals surface area contributed by atoms with Gasteiger partial charge in [0.15, 0.2) is 0 Å². The first-order valence-corrected chi connectivity index (χ1v) is 8.26. The van der Waals surface area contributed by atoms with Crippen LogP contribution in [0.2, 0.25) is 0 Å². The average Bonchev–Trinajstić information content (AvgIpc) is 3.08. The third-order valence-corrected chi connectivity index (χ3v) is 5.56. The zero-order valence-corrected chi connectivity index (χ0v) is 12.7. The highest BCUT2D eigenvalue weighted by Gasteiger charge is 2.51. The van der Waals surface area contributed by atoms with Crippen molar-refractivity contribution in [3.05, 3.63) is 0 Å². The van der Waals surface area contributed by atoms with Gasteiger partial charge in [-0.1, -0.05) is 26.2 Å². The molecule has 1 saturated carbocycles. The maximum absolute atomic E-state index is 12.8. The van der Waals surface area contributed by atoms with Crippen LogP contribution in [-0.2, 0) is 14.3 Å². The van der Waals surface area contributed by atoms with E-state index in [0.717, 1.165) is 19.1 Å². The van der Waals surface area contributed by atoms with Crippen molar-refractivity contribution in [2.75, 3.05) is 13.2 Å². The molecule has 0 spiro atoms. The number of hydrogen-bond donors (Lipinski definition) is 1. The van der Waals surface area contributed by atoms with Gasteiger partial charge in [0.1, 0.15) is 6.29 Å². The molecule has 2 heterocycles. The molecule has 3 rings (SSSR count). The minimum absolute atomic E-state index is 0.00251. The molecule has 0 aromatic rings. The Bertz CT molecular complexity index is 408. The van der Waals surface area contributed by atoms with Crippen LogP contribution in [0.15, 0.2) is 0 Å². The van der Waals surface area contributed by atoms with Crippen LogP contribution in [0.1, 0.15) is 39.0 Å². The number of fused-ring (bicyclic) bond motifs is 1. The minimum Gasteiger partial charge on any atom is -0.375 e. The molecule has 3 fully saturated rings. The van der Waals surface area contributed by atoms with Crippen molar-refractivity contribution in [1.82, 2.24) is 4.90 Å². The number of rotatable bonds is 3. The van der Waals surface area contributed by atoms with Crippen molar-refractivity contribution in [3.63, 3.8) is 0 Å². The van der Waals surface area contributed by atoms with Crippen molar-refractivity contribution in [2.24, 2.45) is 23.5 Å². The van der Waals surface area contributed by atoms with E-state index in [4.69, 9.17) is 10.5 Å². The first kappa shape index (κ1) is 15.0. The molecule has 0 bridgehead atoms. The summed E-state index contributed by atoms with van der Waals surface area (Å²) in [6, 6.07) is -0.510. The normalized spacial score (nSPS) is 38.3. The molecule has 2 aliphatic heterocycles. The van der Waals surface area contributed by atoms with Crippen LogP contribution in [0, 0.1) is 17.8 Å². The lowest BCUT2D eigenvalue weighted by atomic mass is 9.83. The van der Waals surface area contributed by atoms with E-state index in [-0.39, 0.29) is 29.9 Å². The van der Waals surface area contributed by atoms with E-state index in [1.165, 1.54) is 19.3 Å². The number of hydrogen-bond acceptors (Lipinski definition) is 4. The fraction of sp³-hybridized carbons (Fsp3) is 0.875. The Morgan fingerprint density at radius 3 is 2.71 bits per heavy atom. The Morgan fingerprint density at radius 2 is 2.05 bits per heavy atom. The van der Waals surface area contributed by atoms with Crippen LogP contribution in [0.3, 0.4) is 0 Å². The molecule has 5 unspecified atom stereocenters. The predicted molar refractivity (Wildman–Crippen MR) is 78.5 cm³/mol. The minimum atomic E-state index is -0.413. The number of aldehydes is 1. The lowest BCUT2D eigenvalue weighted by Gasteiger charge is -2.33. The third kappa shape index (κ3) is 2.61. The van der Waals surface area contributed by atoms with Gasteiger partial charge in [-0.3, -0.25) is 4.79 Å². The Morgan fingerprint density at radius 1 is 1.33 bits per heavy atom. The average molecular weight is 294 g/mol. The van der Waals surface area contributed by atoms with E-state index in [0.29, 0.717) is 19.1 Å². The van der Waals surface area contributed by atoms with Gasteiger partial charge in [-0.05, 0) is 18.8 Å². The highest BCUT2D eigenvalue weighted by molar-refractivity contribution is 5.83. The molecule has 2 N–H and O–H groups in total. The van der Waals surface area contributed by atoms with Gasteiger partial charge in [-0.25, -0.2) is 0 Å². The smallest absolute Gasteiger partial charge is 0.240 e. The van der Waals surface area contributed by atoms with Gasteiger partial charge in [0.05, 0.1) is 30.7 Å². The van der Waals surface area contributed by atoms with Crippen LogP contribution in [-0.4, -0.2) is 48.4 Å². The number of carbonyl (C=O) groups excluding carboxylic acids is 2. The van der Waals surface area contributed by atoms with E-state index in [1.54, 1.807) is 0 Å². The molecule has 5 heteroatoms. The summed E-state index contributed by atoms with van der Waals surface area (Å²) in [5.74, 6) is 0.418. The predicted octanol–water partition coefficient (Wildman–Crippen LogP) is 0.955. The van der Waals surface area contributed by atoms with Crippen molar-refractivity contribution in [1.29, 1.82) is 0 Å². The second-order valence-electron chi connectivity index (χ2n) is 6.98. The Balaban J connectivity index is 1.72. The third-order valence-electron chi connectivity index (χ3n) is 5.56. The van der Waals surface area contributed by atoms with E-state index >= 15 is 0 Å². The lowest BCUT2D eigenvalue weighted by Crippen LogP contribution is -2.52. The maximum atomic E-state index is 12.8. The molecule has 21 heavy (non-hydrogen) atoms. The zero-order valence-electron chi connectivity index (χ0n) is 12.7. The van der Waals surface area contributed by atoms with Gasteiger partial charge in [0, 0.05) is 12.5 Å². The quantitative estimate of drug-likeness (QED) is 0.787. The molecule has 118 valence electrons. The van der Waals surface area contributed by atoms with Gasteiger partial charge in [0.25, 0.3) is 0 Å². The summed E-state index contributed by atoms with van der Waals surface area (Å²) in [6.45, 7) is 3.19. The maximum Gasteiger partial charge on any atom is 0.240 e. The summed E-state index contributed by atoms with van der Waals surface area (Å²) in [5.41, 5.74) is 6.27. The summed E-state index contributed by atoms with van der Waals surface area (Å²) in [5, 5.41) is 0. The molecular weight excluding hydrogens is 268 g/mol.